The van der Waals surface area contributed by atoms with E-state index in [-0.39, 0.29) is 0 Å². The fraction of sp³-hybridized carbons (Fsp3) is 0.143. The van der Waals surface area contributed by atoms with Gasteiger partial charge in [0.15, 0.2) is 0 Å². The molecule has 0 atom stereocenters. The molecular weight excluding hydrogens is 438 g/mol. The van der Waals surface area contributed by atoms with Crippen molar-refractivity contribution in [1.82, 2.24) is 0 Å². The van der Waals surface area contributed by atoms with Crippen LogP contribution in [0.15, 0.2) is 49.8 Å². The van der Waals surface area contributed by atoms with Crippen LogP contribution in [0.2, 0.25) is 0 Å². The molecule has 2 rings (SSSR count). The molecule has 2 nitrogen and oxygen atoms in total. The number of ether oxygens (including phenoxy) is 1. The quantitative estimate of drug-likeness (QED) is 0.690. The average Bonchev–Trinajstić information content (AvgIpc) is 2.36. The highest BCUT2D eigenvalue weighted by atomic mass is 79.9. The summed E-state index contributed by atoms with van der Waals surface area (Å²) in [5, 5.41) is 0. The third-order valence-corrected chi connectivity index (χ3v) is 4.16. The van der Waals surface area contributed by atoms with Crippen molar-refractivity contribution in [3.05, 3.63) is 55.4 Å². The van der Waals surface area contributed by atoms with Crippen LogP contribution in [-0.4, -0.2) is 6.54 Å². The maximum Gasteiger partial charge on any atom is 0.141 e. The van der Waals surface area contributed by atoms with E-state index in [1.54, 1.807) is 0 Å². The van der Waals surface area contributed by atoms with Gasteiger partial charge < -0.3 is 10.5 Å². The number of nitrogens with two attached hydrogens (primary N) is 1. The summed E-state index contributed by atoms with van der Waals surface area (Å²) in [4.78, 5) is 0. The Labute approximate surface area is 137 Å². The molecule has 100 valence electrons. The lowest BCUT2D eigenvalue weighted by Gasteiger charge is -2.12. The highest BCUT2D eigenvalue weighted by molar-refractivity contribution is 9.11. The van der Waals surface area contributed by atoms with Gasteiger partial charge in [-0.2, -0.15) is 0 Å². The molecule has 0 saturated carbocycles. The van der Waals surface area contributed by atoms with Crippen LogP contribution in [0.25, 0.3) is 0 Å². The molecule has 2 aromatic rings. The number of rotatable bonds is 4. The van der Waals surface area contributed by atoms with Crippen molar-refractivity contribution in [1.29, 1.82) is 0 Å². The van der Waals surface area contributed by atoms with Gasteiger partial charge >= 0.3 is 0 Å². The van der Waals surface area contributed by atoms with Crippen molar-refractivity contribution in [2.75, 3.05) is 6.54 Å². The molecule has 0 heterocycles. The summed E-state index contributed by atoms with van der Waals surface area (Å²) in [6.07, 6.45) is 0.788. The van der Waals surface area contributed by atoms with Crippen LogP contribution in [0.3, 0.4) is 0 Å². The minimum atomic E-state index is 0.597. The average molecular weight is 450 g/mol. The second-order valence-corrected chi connectivity index (χ2v) is 6.65. The van der Waals surface area contributed by atoms with E-state index in [1.807, 2.05) is 36.4 Å². The van der Waals surface area contributed by atoms with E-state index in [0.717, 1.165) is 36.9 Å². The van der Waals surface area contributed by atoms with Crippen LogP contribution in [0, 0.1) is 0 Å². The van der Waals surface area contributed by atoms with E-state index in [0.29, 0.717) is 6.54 Å². The lowest BCUT2D eigenvalue weighted by atomic mass is 10.1. The summed E-state index contributed by atoms with van der Waals surface area (Å²) in [5.41, 5.74) is 6.73. The largest absolute Gasteiger partial charge is 0.456 e. The number of benzene rings is 2. The summed E-state index contributed by atoms with van der Waals surface area (Å²) in [5.74, 6) is 1.60. The van der Waals surface area contributed by atoms with Gasteiger partial charge in [-0.3, -0.25) is 0 Å². The Morgan fingerprint density at radius 1 is 0.895 bits per heavy atom. The first-order valence-electron chi connectivity index (χ1n) is 5.71. The van der Waals surface area contributed by atoms with Gasteiger partial charge in [0.25, 0.3) is 0 Å². The van der Waals surface area contributed by atoms with Gasteiger partial charge in [-0.05, 0) is 64.8 Å². The normalized spacial score (nSPS) is 10.5. The molecule has 2 aromatic carbocycles. The van der Waals surface area contributed by atoms with E-state index in [1.165, 1.54) is 0 Å². The van der Waals surface area contributed by atoms with Gasteiger partial charge in [0.2, 0.25) is 0 Å². The van der Waals surface area contributed by atoms with Gasteiger partial charge in [0.1, 0.15) is 11.5 Å². The molecular formula is C14H12Br3NO. The lowest BCUT2D eigenvalue weighted by Crippen LogP contribution is -2.04. The van der Waals surface area contributed by atoms with Crippen molar-refractivity contribution in [2.24, 2.45) is 5.73 Å². The summed E-state index contributed by atoms with van der Waals surface area (Å²) in [6.45, 7) is 0.597. The van der Waals surface area contributed by atoms with Crippen LogP contribution in [0.1, 0.15) is 5.56 Å². The Morgan fingerprint density at radius 3 is 2.26 bits per heavy atom. The van der Waals surface area contributed by atoms with Gasteiger partial charge in [0, 0.05) is 8.95 Å². The topological polar surface area (TPSA) is 35.2 Å². The van der Waals surface area contributed by atoms with Crippen molar-refractivity contribution >= 4 is 47.8 Å². The monoisotopic (exact) mass is 447 g/mol. The predicted molar refractivity (Wildman–Crippen MR) is 88.8 cm³/mol. The molecule has 0 unspecified atom stereocenters. The second-order valence-electron chi connectivity index (χ2n) is 3.97. The van der Waals surface area contributed by atoms with E-state index < -0.39 is 0 Å². The van der Waals surface area contributed by atoms with E-state index in [4.69, 9.17) is 10.5 Å². The van der Waals surface area contributed by atoms with Crippen molar-refractivity contribution in [3.63, 3.8) is 0 Å². The van der Waals surface area contributed by atoms with Crippen molar-refractivity contribution in [3.8, 4) is 11.5 Å². The standard InChI is InChI=1S/C14H12Br3NO/c15-10-3-4-13(12(17)7-10)19-14-8-11(16)2-1-9(14)5-6-18/h1-4,7-8H,5-6,18H2. The fourth-order valence-electron chi connectivity index (χ4n) is 1.66. The molecule has 0 saturated heterocycles. The second kappa shape index (κ2) is 6.88. The van der Waals surface area contributed by atoms with Gasteiger partial charge in [-0.25, -0.2) is 0 Å². The van der Waals surface area contributed by atoms with Gasteiger partial charge in [-0.15, -0.1) is 0 Å². The van der Waals surface area contributed by atoms with Crippen molar-refractivity contribution < 1.29 is 4.74 Å². The minimum absolute atomic E-state index is 0.597. The Balaban J connectivity index is 2.33. The number of hydrogen-bond donors (Lipinski definition) is 1. The number of hydrogen-bond acceptors (Lipinski definition) is 2. The molecule has 0 fully saturated rings. The Bertz CT molecular complexity index is 587. The molecule has 0 aliphatic heterocycles. The first-order chi connectivity index (χ1) is 9.10. The van der Waals surface area contributed by atoms with Gasteiger partial charge in [0.05, 0.1) is 4.47 Å². The summed E-state index contributed by atoms with van der Waals surface area (Å²) in [6, 6.07) is 11.8. The molecule has 2 N–H and O–H groups in total. The molecule has 0 aromatic heterocycles. The van der Waals surface area contributed by atoms with Crippen LogP contribution in [0.5, 0.6) is 11.5 Å². The zero-order valence-corrected chi connectivity index (χ0v) is 14.8. The molecule has 5 heteroatoms. The molecule has 0 bridgehead atoms. The maximum atomic E-state index is 5.98. The smallest absolute Gasteiger partial charge is 0.141 e. The van der Waals surface area contributed by atoms with E-state index in [2.05, 4.69) is 47.8 Å². The minimum Gasteiger partial charge on any atom is -0.456 e. The van der Waals surface area contributed by atoms with Crippen LogP contribution in [0.4, 0.5) is 0 Å². The Hall–Kier alpha value is -0.360. The Morgan fingerprint density at radius 2 is 1.58 bits per heavy atom. The predicted octanol–water partition coefficient (Wildman–Crippen LogP) is 5.27. The SMILES string of the molecule is NCCc1ccc(Br)cc1Oc1ccc(Br)cc1Br. The lowest BCUT2D eigenvalue weighted by molar-refractivity contribution is 0.473. The van der Waals surface area contributed by atoms with Crippen molar-refractivity contribution in [2.45, 2.75) is 6.42 Å². The molecule has 19 heavy (non-hydrogen) atoms. The molecule has 0 aliphatic carbocycles. The Kier molecular flexibility index (Phi) is 5.45. The zero-order chi connectivity index (χ0) is 13.8. The summed E-state index contributed by atoms with van der Waals surface area (Å²) < 4.78 is 8.86. The highest BCUT2D eigenvalue weighted by Gasteiger charge is 2.08. The third-order valence-electron chi connectivity index (χ3n) is 2.56. The van der Waals surface area contributed by atoms with E-state index >= 15 is 0 Å². The molecule has 0 spiro atoms. The molecule has 0 aliphatic rings. The first kappa shape index (κ1) is 15.0. The van der Waals surface area contributed by atoms with Gasteiger partial charge in [-0.1, -0.05) is 37.9 Å². The number of halogens is 3. The fourth-order valence-corrected chi connectivity index (χ4v) is 3.13. The third kappa shape index (κ3) is 4.05. The maximum absolute atomic E-state index is 5.98. The zero-order valence-electron chi connectivity index (χ0n) is 10.00. The summed E-state index contributed by atoms with van der Waals surface area (Å²) >= 11 is 10.4. The first-order valence-corrected chi connectivity index (χ1v) is 8.09. The van der Waals surface area contributed by atoms with Crippen LogP contribution >= 0.6 is 47.8 Å². The molecule has 0 radical (unpaired) electrons. The molecule has 0 amide bonds. The van der Waals surface area contributed by atoms with E-state index in [9.17, 15) is 0 Å². The highest BCUT2D eigenvalue weighted by Crippen LogP contribution is 2.34. The van der Waals surface area contributed by atoms with Crippen LogP contribution < -0.4 is 10.5 Å². The summed E-state index contributed by atoms with van der Waals surface area (Å²) in [7, 11) is 0. The van der Waals surface area contributed by atoms with Crippen LogP contribution in [-0.2, 0) is 6.42 Å².